The van der Waals surface area contributed by atoms with Crippen LogP contribution in [0.2, 0.25) is 0 Å². The fraction of sp³-hybridized carbons (Fsp3) is 0.333. The van der Waals surface area contributed by atoms with Crippen LogP contribution in [-0.4, -0.2) is 165 Å². The minimum Gasteiger partial charge on any atom is -0.456 e. The van der Waals surface area contributed by atoms with Crippen molar-refractivity contribution in [3.8, 4) is 88.8 Å². The second kappa shape index (κ2) is 45.0. The van der Waals surface area contributed by atoms with Gasteiger partial charge in [0.25, 0.3) is 0 Å². The van der Waals surface area contributed by atoms with Gasteiger partial charge < -0.3 is 83.9 Å². The van der Waals surface area contributed by atoms with E-state index in [-0.39, 0.29) is 23.7 Å². The molecule has 2 saturated heterocycles. The number of nitrogens with zero attached hydrogens (tertiary/aromatic N) is 11. The normalized spacial score (nSPS) is 13.3. The number of hydrogen-bond donors (Lipinski definition) is 10. The van der Waals surface area contributed by atoms with Crippen LogP contribution in [0.5, 0.6) is 0 Å². The van der Waals surface area contributed by atoms with E-state index in [0.29, 0.717) is 26.1 Å². The number of unbranched alkanes of at least 4 members (excludes halogenated alkanes) is 1. The standard InChI is InChI=1S/C28H38N4O.C25H31N5S.C24H32N8.C22H28N4/c1-31(2)19-15-29(16-20-31)25-9-5-23(6-10-25)27-13-14-28(33-27)24-7-11-26(12-8-24)30-17-21-32(3,4)22-18-30;26-24(27)6-2-1-4-18-7-11-20(12-8-18)22-15-16-23(31-22)21-13-9-19(10-14-21)5-3-17-30-25(28)29;1-32-21(19-10-6-17(7-11-19)4-2-14-29-23(25)26)16-31-22(32)20-12-8-18(9-13-20)5-3-15-30-24(27)28;1-26-21(19-10-6-17(7-11-19)4-2-14-23)16-25-22(26)20-12-8-18(9-13-20)5-3-15-24/h5-14H,15-22H2,1-4H3;7-16H,1-6,17H2,(H3,26,27)(H4,28,29,30);6-13,16H,2-5,14-15H2,1H3,(H4,25,26,29)(H4,27,28,30);6-13,16H,2-5,14-15,23-24H2,1H3/q+2;;;. The number of aliphatic imine (C=N–C) groups is 3. The highest BCUT2D eigenvalue weighted by Gasteiger charge is 2.26. The van der Waals surface area contributed by atoms with Crippen molar-refractivity contribution in [3.63, 3.8) is 0 Å². The van der Waals surface area contributed by atoms with Gasteiger partial charge in [-0.2, -0.15) is 0 Å². The maximum atomic E-state index is 7.29. The Kier molecular flexibility index (Phi) is 33.4. The van der Waals surface area contributed by atoms with Crippen LogP contribution in [0.1, 0.15) is 84.7 Å². The van der Waals surface area contributed by atoms with Crippen LogP contribution < -0.4 is 61.4 Å². The van der Waals surface area contributed by atoms with Crippen LogP contribution in [-0.2, 0) is 52.6 Å². The quantitative estimate of drug-likeness (QED) is 0.00791. The largest absolute Gasteiger partial charge is 0.456 e. The van der Waals surface area contributed by atoms with Crippen LogP contribution >= 0.6 is 11.3 Å². The van der Waals surface area contributed by atoms with Crippen LogP contribution in [0, 0.1) is 5.41 Å². The van der Waals surface area contributed by atoms with Crippen molar-refractivity contribution in [2.75, 3.05) is 123 Å². The lowest BCUT2D eigenvalue weighted by Gasteiger charge is -2.40. The van der Waals surface area contributed by atoms with Crippen molar-refractivity contribution in [3.05, 3.63) is 264 Å². The Bertz CT molecular complexity index is 5020. The number of piperazine rings is 2. The molecule has 122 heavy (non-hydrogen) atoms. The van der Waals surface area contributed by atoms with Gasteiger partial charge in [-0.1, -0.05) is 146 Å². The average molecular weight is 1660 g/mol. The second-order valence-electron chi connectivity index (χ2n) is 33.1. The first-order valence-electron chi connectivity index (χ1n) is 43.0. The van der Waals surface area contributed by atoms with Gasteiger partial charge in [0.15, 0.2) is 17.9 Å². The predicted molar refractivity (Wildman–Crippen MR) is 512 cm³/mol. The molecule has 19 N–H and O–H groups in total. The molecule has 14 rings (SSSR count). The van der Waals surface area contributed by atoms with Crippen molar-refractivity contribution in [2.24, 2.45) is 80.7 Å². The number of quaternary nitrogens is 2. The van der Waals surface area contributed by atoms with Crippen LogP contribution in [0.15, 0.2) is 250 Å². The van der Waals surface area contributed by atoms with E-state index in [1.807, 2.05) is 30.8 Å². The number of benzene rings is 8. The van der Waals surface area contributed by atoms with E-state index in [9.17, 15) is 0 Å². The molecule has 0 radical (unpaired) electrons. The summed E-state index contributed by atoms with van der Waals surface area (Å²) >= 11 is 1.82. The Hall–Kier alpha value is -12.1. The Morgan fingerprint density at radius 1 is 0.361 bits per heavy atom. The molecule has 640 valence electrons. The Balaban J connectivity index is 0.000000159. The van der Waals surface area contributed by atoms with Crippen LogP contribution in [0.3, 0.4) is 0 Å². The fourth-order valence-corrected chi connectivity index (χ4v) is 16.1. The Morgan fingerprint density at radius 2 is 0.648 bits per heavy atom. The molecule has 0 amide bonds. The van der Waals surface area contributed by atoms with E-state index < -0.39 is 0 Å². The number of likely N-dealkylation sites (N-methyl/N-ethyl adjacent to an activating group) is 2. The Morgan fingerprint density at radius 3 is 0.951 bits per heavy atom. The number of furan rings is 1. The molecule has 0 saturated carbocycles. The smallest absolute Gasteiger partial charge is 0.185 e. The van der Waals surface area contributed by atoms with E-state index in [1.54, 1.807) is 0 Å². The minimum absolute atomic E-state index is 0.142. The topological polar surface area (TPSA) is 350 Å². The maximum Gasteiger partial charge on any atom is 0.185 e. The van der Waals surface area contributed by atoms with E-state index in [0.717, 1.165) is 194 Å². The molecular formula is C99H129N21OS+2. The van der Waals surface area contributed by atoms with Crippen molar-refractivity contribution in [2.45, 2.75) is 89.9 Å². The first-order chi connectivity index (χ1) is 58.9. The molecule has 0 spiro atoms. The highest BCUT2D eigenvalue weighted by molar-refractivity contribution is 7.18. The SMILES string of the molecule is C[N+]1(C)CCN(c2ccc(-c3ccc(-c4ccc(N5CC[N+](C)(C)CC5)cc4)o3)cc2)CC1.Cn1c(-c2ccc(CCCN)cc2)cnc1-c1ccc(CCCN)cc1.Cn1c(-c2ccc(CCCN=C(N)N)cc2)cnc1-c1ccc(CCCN=C(N)N)cc1.N=C(N)CCCCc1ccc(-c2ccc(-c3ccc(CCCN=C(N)N)cc3)s2)cc1. The molecule has 0 unspecified atom stereocenters. The molecule has 12 aromatic rings. The molecule has 2 aliphatic heterocycles. The number of thiophene rings is 1. The number of hydrogen-bond acceptors (Lipinski definition) is 12. The molecule has 8 aromatic carbocycles. The van der Waals surface area contributed by atoms with Gasteiger partial charge in [-0.3, -0.25) is 20.4 Å². The fourth-order valence-electron chi connectivity index (χ4n) is 15.1. The number of imidazole rings is 2. The second-order valence-corrected chi connectivity index (χ2v) is 34.2. The summed E-state index contributed by atoms with van der Waals surface area (Å²) in [7, 11) is 13.4. The summed E-state index contributed by atoms with van der Waals surface area (Å²) in [5, 5.41) is 7.29. The lowest BCUT2D eigenvalue weighted by Crippen LogP contribution is -2.54. The van der Waals surface area contributed by atoms with E-state index in [1.165, 1.54) is 97.4 Å². The third kappa shape index (κ3) is 27.5. The van der Waals surface area contributed by atoms with Gasteiger partial charge in [-0.05, 0) is 225 Å². The zero-order valence-corrected chi connectivity index (χ0v) is 73.3. The summed E-state index contributed by atoms with van der Waals surface area (Å²) in [4.78, 5) is 28.9. The van der Waals surface area contributed by atoms with Gasteiger partial charge in [0.05, 0.1) is 110 Å². The number of anilines is 2. The van der Waals surface area contributed by atoms with Crippen molar-refractivity contribution >= 4 is 46.4 Å². The summed E-state index contributed by atoms with van der Waals surface area (Å²) in [6.07, 6.45) is 17.3. The van der Waals surface area contributed by atoms with E-state index in [4.69, 9.17) is 61.4 Å². The molecule has 2 aliphatic rings. The molecule has 4 aromatic heterocycles. The van der Waals surface area contributed by atoms with Gasteiger partial charge >= 0.3 is 0 Å². The third-order valence-electron chi connectivity index (χ3n) is 22.8. The van der Waals surface area contributed by atoms with E-state index >= 15 is 0 Å². The summed E-state index contributed by atoms with van der Waals surface area (Å²) in [6, 6.07) is 78.2. The molecular weight excluding hydrogens is 1530 g/mol. The number of amidine groups is 1. The third-order valence-corrected chi connectivity index (χ3v) is 24.0. The number of guanidine groups is 3. The van der Waals surface area contributed by atoms with Gasteiger partial charge in [-0.25, -0.2) is 9.97 Å². The monoisotopic (exact) mass is 1660 g/mol. The van der Waals surface area contributed by atoms with Crippen molar-refractivity contribution in [1.29, 1.82) is 5.41 Å². The summed E-state index contributed by atoms with van der Waals surface area (Å²) in [5.41, 5.74) is 70.7. The zero-order valence-electron chi connectivity index (χ0n) is 72.5. The molecule has 0 aliphatic carbocycles. The van der Waals surface area contributed by atoms with Gasteiger partial charge in [-0.15, -0.1) is 11.3 Å². The van der Waals surface area contributed by atoms with E-state index in [2.05, 4.69) is 298 Å². The number of aryl methyl sites for hydroxylation is 6. The van der Waals surface area contributed by atoms with Crippen molar-refractivity contribution < 1.29 is 13.4 Å². The lowest BCUT2D eigenvalue weighted by molar-refractivity contribution is -0.890. The Labute approximate surface area is 726 Å². The minimum atomic E-state index is 0.142. The van der Waals surface area contributed by atoms with Crippen LogP contribution in [0.25, 0.3) is 88.8 Å². The highest BCUT2D eigenvalue weighted by Crippen LogP contribution is 2.37. The first-order valence-corrected chi connectivity index (χ1v) is 43.8. The summed E-state index contributed by atoms with van der Waals surface area (Å²) < 4.78 is 12.8. The lowest BCUT2D eigenvalue weighted by atomic mass is 10.0. The molecule has 6 heterocycles. The van der Waals surface area contributed by atoms with Gasteiger partial charge in [0, 0.05) is 83.5 Å². The number of nitrogens with one attached hydrogen (secondary N) is 1. The number of aromatic nitrogens is 4. The zero-order chi connectivity index (χ0) is 86.4. The first kappa shape index (κ1) is 90.6. The molecule has 0 bridgehead atoms. The number of nitrogens with two attached hydrogens (primary N) is 9. The maximum absolute atomic E-state index is 7.29. The molecule has 0 atom stereocenters. The average Bonchev–Trinajstić information content (AvgIpc) is 1.71. The van der Waals surface area contributed by atoms with Crippen molar-refractivity contribution in [1.82, 2.24) is 19.1 Å². The summed E-state index contributed by atoms with van der Waals surface area (Å²) in [6.45, 7) is 12.6. The van der Waals surface area contributed by atoms with Gasteiger partial charge in [0.2, 0.25) is 0 Å². The molecule has 23 heteroatoms. The highest BCUT2D eigenvalue weighted by atomic mass is 32.1. The number of rotatable bonds is 33. The summed E-state index contributed by atoms with van der Waals surface area (Å²) in [5.74, 6) is 4.49. The van der Waals surface area contributed by atoms with Crippen LogP contribution in [0.4, 0.5) is 11.4 Å². The van der Waals surface area contributed by atoms with Gasteiger partial charge in [0.1, 0.15) is 23.2 Å². The molecule has 2 fully saturated rings. The molecule has 22 nitrogen and oxygen atoms in total. The predicted octanol–water partition coefficient (Wildman–Crippen LogP) is 15.0.